The Balaban J connectivity index is 1.37. The number of alkyl halides is 2. The lowest BCUT2D eigenvalue weighted by Gasteiger charge is -2.27. The van der Waals surface area contributed by atoms with Crippen molar-refractivity contribution in [3.8, 4) is 5.75 Å². The summed E-state index contributed by atoms with van der Waals surface area (Å²) in [5, 5.41) is 2.90. The van der Waals surface area contributed by atoms with Crippen LogP contribution in [0, 0.1) is 11.8 Å². The summed E-state index contributed by atoms with van der Waals surface area (Å²) in [6.45, 7) is -2.99. The van der Waals surface area contributed by atoms with Crippen molar-refractivity contribution in [2.45, 2.75) is 44.4 Å². The van der Waals surface area contributed by atoms with E-state index in [1.54, 1.807) is 19.2 Å². The van der Waals surface area contributed by atoms with Crippen LogP contribution in [0.25, 0.3) is 0 Å². The molecule has 0 atom stereocenters. The summed E-state index contributed by atoms with van der Waals surface area (Å²) < 4.78 is 28.7. The van der Waals surface area contributed by atoms with Gasteiger partial charge in [0.2, 0.25) is 5.91 Å². The highest BCUT2D eigenvalue weighted by atomic mass is 19.3. The number of carbonyl (C=O) groups is 3. The van der Waals surface area contributed by atoms with Crippen LogP contribution in [0.3, 0.4) is 0 Å². The minimum atomic E-state index is -2.90. The van der Waals surface area contributed by atoms with Crippen molar-refractivity contribution in [1.82, 2.24) is 15.1 Å². The maximum absolute atomic E-state index is 13.0. The van der Waals surface area contributed by atoms with Crippen LogP contribution < -0.4 is 10.1 Å². The smallest absolute Gasteiger partial charge is 0.387 e. The number of benzene rings is 1. The summed E-state index contributed by atoms with van der Waals surface area (Å²) in [5.41, 5.74) is -0.0961. The number of imide groups is 1. The van der Waals surface area contributed by atoms with E-state index in [0.29, 0.717) is 5.56 Å². The Morgan fingerprint density at radius 3 is 2.31 bits per heavy atom. The lowest BCUT2D eigenvalue weighted by molar-refractivity contribution is -0.139. The lowest BCUT2D eigenvalue weighted by Crippen LogP contribution is -2.51. The molecule has 1 saturated heterocycles. The number of hydrogen-bond donors (Lipinski definition) is 1. The highest BCUT2D eigenvalue weighted by molar-refractivity contribution is 6.09. The van der Waals surface area contributed by atoms with Crippen LogP contribution in [0.4, 0.5) is 13.6 Å². The number of likely N-dealkylation sites (N-methyl/N-ethyl adjacent to an activating group) is 1. The molecule has 0 bridgehead atoms. The fraction of sp³-hybridized carbons (Fsp3) is 0.550. The van der Waals surface area contributed by atoms with Crippen LogP contribution >= 0.6 is 0 Å². The Hall–Kier alpha value is -2.71. The number of amides is 4. The van der Waals surface area contributed by atoms with Crippen molar-refractivity contribution < 1.29 is 27.9 Å². The molecular weight excluding hydrogens is 384 g/mol. The summed E-state index contributed by atoms with van der Waals surface area (Å²) in [7, 11) is 1.57. The number of halogens is 2. The third-order valence-electron chi connectivity index (χ3n) is 5.89. The number of nitrogens with one attached hydrogen (secondary N) is 1. The number of rotatable bonds is 8. The Labute approximate surface area is 167 Å². The van der Waals surface area contributed by atoms with Gasteiger partial charge in [0.1, 0.15) is 17.8 Å². The van der Waals surface area contributed by atoms with Crippen LogP contribution in [0.15, 0.2) is 24.3 Å². The first kappa shape index (κ1) is 19.6. The average molecular weight is 407 g/mol. The Bertz CT molecular complexity index is 810. The summed E-state index contributed by atoms with van der Waals surface area (Å²) in [4.78, 5) is 40.5. The number of nitrogens with zero attached hydrogens (tertiary/aromatic N) is 2. The van der Waals surface area contributed by atoms with E-state index >= 15 is 0 Å². The molecule has 1 aromatic carbocycles. The largest absolute Gasteiger partial charge is 0.435 e. The normalized spacial score (nSPS) is 20.8. The molecule has 9 heteroatoms. The van der Waals surface area contributed by atoms with Gasteiger partial charge in [0.25, 0.3) is 5.91 Å². The van der Waals surface area contributed by atoms with Gasteiger partial charge in [0.15, 0.2) is 0 Å². The first-order valence-electron chi connectivity index (χ1n) is 9.73. The third-order valence-corrected chi connectivity index (χ3v) is 5.89. The van der Waals surface area contributed by atoms with Crippen molar-refractivity contribution in [3.63, 3.8) is 0 Å². The first-order chi connectivity index (χ1) is 13.8. The SMILES string of the molecule is CN(Cc1ccc(OC(F)F)cc1)C(=O)CN1C(=O)NC(C2CC2)(C2CC2)C1=O. The van der Waals surface area contributed by atoms with Crippen molar-refractivity contribution >= 4 is 17.8 Å². The standard InChI is InChI=1S/C20H23F2N3O4/c1-24(10-12-2-8-15(9-3-12)29-18(21)22)16(26)11-25-17(27)20(13-4-5-13,14-6-7-14)23-19(25)28/h2-3,8-9,13-14,18H,4-7,10-11H2,1H3,(H,23,28). The van der Waals surface area contributed by atoms with Gasteiger partial charge < -0.3 is 15.0 Å². The topological polar surface area (TPSA) is 79.0 Å². The second kappa shape index (κ2) is 7.27. The Morgan fingerprint density at radius 2 is 1.79 bits per heavy atom. The van der Waals surface area contributed by atoms with Crippen LogP contribution in [-0.2, 0) is 16.1 Å². The van der Waals surface area contributed by atoms with E-state index in [4.69, 9.17) is 0 Å². The van der Waals surface area contributed by atoms with Gasteiger partial charge in [-0.15, -0.1) is 0 Å². The van der Waals surface area contributed by atoms with Crippen LogP contribution in [0.5, 0.6) is 5.75 Å². The summed E-state index contributed by atoms with van der Waals surface area (Å²) in [6, 6.07) is 5.47. The van der Waals surface area contributed by atoms with Gasteiger partial charge in [-0.25, -0.2) is 4.79 Å². The third kappa shape index (κ3) is 3.77. The van der Waals surface area contributed by atoms with Gasteiger partial charge in [0.05, 0.1) is 0 Å². The molecule has 1 heterocycles. The molecule has 0 spiro atoms. The Kier molecular flexibility index (Phi) is 4.92. The lowest BCUT2D eigenvalue weighted by atomic mass is 9.87. The van der Waals surface area contributed by atoms with Gasteiger partial charge in [-0.1, -0.05) is 12.1 Å². The van der Waals surface area contributed by atoms with Gasteiger partial charge in [-0.2, -0.15) is 8.78 Å². The fourth-order valence-corrected chi connectivity index (χ4v) is 4.12. The zero-order chi connectivity index (χ0) is 20.8. The molecule has 3 fully saturated rings. The average Bonchev–Trinajstić information content (AvgIpc) is 3.57. The molecule has 1 N–H and O–H groups in total. The van der Waals surface area contributed by atoms with Crippen molar-refractivity contribution in [2.75, 3.05) is 13.6 Å². The van der Waals surface area contributed by atoms with Crippen molar-refractivity contribution in [3.05, 3.63) is 29.8 Å². The molecular formula is C20H23F2N3O4. The van der Waals surface area contributed by atoms with Crippen molar-refractivity contribution in [2.24, 2.45) is 11.8 Å². The second-order valence-corrected chi connectivity index (χ2v) is 8.01. The minimum absolute atomic E-state index is 0.0357. The predicted octanol–water partition coefficient (Wildman–Crippen LogP) is 2.36. The maximum atomic E-state index is 13.0. The number of ether oxygens (including phenoxy) is 1. The second-order valence-electron chi connectivity index (χ2n) is 8.01. The van der Waals surface area contributed by atoms with Gasteiger partial charge >= 0.3 is 12.6 Å². The molecule has 156 valence electrons. The molecule has 1 aromatic rings. The van der Waals surface area contributed by atoms with Crippen LogP contribution in [0.1, 0.15) is 31.2 Å². The highest BCUT2D eigenvalue weighted by Crippen LogP contribution is 2.54. The van der Waals surface area contributed by atoms with Crippen LogP contribution in [-0.4, -0.2) is 53.4 Å². The quantitative estimate of drug-likeness (QED) is 0.671. The molecule has 29 heavy (non-hydrogen) atoms. The molecule has 4 rings (SSSR count). The molecule has 0 unspecified atom stereocenters. The van der Waals surface area contributed by atoms with E-state index in [2.05, 4.69) is 10.1 Å². The molecule has 7 nitrogen and oxygen atoms in total. The number of hydrogen-bond acceptors (Lipinski definition) is 4. The molecule has 2 saturated carbocycles. The predicted molar refractivity (Wildman–Crippen MR) is 98.0 cm³/mol. The summed E-state index contributed by atoms with van der Waals surface area (Å²) >= 11 is 0. The van der Waals surface area contributed by atoms with E-state index < -0.39 is 18.2 Å². The monoisotopic (exact) mass is 407 g/mol. The van der Waals surface area contributed by atoms with E-state index in [1.807, 2.05) is 0 Å². The minimum Gasteiger partial charge on any atom is -0.435 e. The van der Waals surface area contributed by atoms with Crippen molar-refractivity contribution in [1.29, 1.82) is 0 Å². The van der Waals surface area contributed by atoms with E-state index in [0.717, 1.165) is 30.6 Å². The molecule has 2 aliphatic carbocycles. The molecule has 4 amide bonds. The molecule has 0 aromatic heterocycles. The molecule has 1 aliphatic heterocycles. The summed E-state index contributed by atoms with van der Waals surface area (Å²) in [6.07, 6.45) is 3.70. The number of carbonyl (C=O) groups excluding carboxylic acids is 3. The highest BCUT2D eigenvalue weighted by Gasteiger charge is 2.65. The Morgan fingerprint density at radius 1 is 1.21 bits per heavy atom. The van der Waals surface area contributed by atoms with Gasteiger partial charge in [-0.05, 0) is 55.2 Å². The molecule has 0 radical (unpaired) electrons. The number of urea groups is 1. The zero-order valence-corrected chi connectivity index (χ0v) is 16.1. The maximum Gasteiger partial charge on any atom is 0.387 e. The first-order valence-corrected chi connectivity index (χ1v) is 9.73. The van der Waals surface area contributed by atoms with E-state index in [-0.39, 0.29) is 42.5 Å². The van der Waals surface area contributed by atoms with Gasteiger partial charge in [0, 0.05) is 13.6 Å². The fourth-order valence-electron chi connectivity index (χ4n) is 4.12. The zero-order valence-electron chi connectivity index (χ0n) is 16.1. The van der Waals surface area contributed by atoms with Gasteiger partial charge in [-0.3, -0.25) is 14.5 Å². The van der Waals surface area contributed by atoms with E-state index in [9.17, 15) is 23.2 Å². The van der Waals surface area contributed by atoms with Crippen LogP contribution in [0.2, 0.25) is 0 Å². The van der Waals surface area contributed by atoms with E-state index in [1.165, 1.54) is 17.0 Å². The summed E-state index contributed by atoms with van der Waals surface area (Å²) in [5.74, 6) is -0.253. The molecule has 3 aliphatic rings.